The third-order valence-electron chi connectivity index (χ3n) is 4.04. The Morgan fingerprint density at radius 1 is 1.33 bits per heavy atom. The molecule has 1 fully saturated rings. The van der Waals surface area contributed by atoms with Gasteiger partial charge in [0.15, 0.2) is 11.5 Å². The minimum Gasteiger partial charge on any atom is -0.367 e. The van der Waals surface area contributed by atoms with Gasteiger partial charge in [-0.25, -0.2) is 0 Å². The number of rotatable bonds is 5. The average molecular weight is 288 g/mol. The number of aromatic nitrogens is 4. The van der Waals surface area contributed by atoms with Crippen LogP contribution in [0.2, 0.25) is 0 Å². The Labute approximate surface area is 125 Å². The lowest BCUT2D eigenvalue weighted by atomic mass is 10.1. The van der Waals surface area contributed by atoms with E-state index >= 15 is 0 Å². The van der Waals surface area contributed by atoms with E-state index in [2.05, 4.69) is 39.4 Å². The first-order valence-electron chi connectivity index (χ1n) is 7.80. The van der Waals surface area contributed by atoms with Crippen LogP contribution in [0, 0.1) is 12.8 Å². The molecule has 2 aromatic heterocycles. The van der Waals surface area contributed by atoms with E-state index in [0.717, 1.165) is 29.8 Å². The molecule has 3 heterocycles. The summed E-state index contributed by atoms with van der Waals surface area (Å²) in [7, 11) is 0. The Morgan fingerprint density at radius 3 is 3.00 bits per heavy atom. The van der Waals surface area contributed by atoms with Crippen molar-refractivity contribution >= 4 is 11.5 Å². The molecule has 1 N–H and O–H groups in total. The molecule has 0 saturated carbocycles. The van der Waals surface area contributed by atoms with Crippen LogP contribution in [0.4, 0.5) is 5.82 Å². The van der Waals surface area contributed by atoms with Crippen LogP contribution in [0.3, 0.4) is 0 Å². The summed E-state index contributed by atoms with van der Waals surface area (Å²) in [5.74, 6) is 2.43. The van der Waals surface area contributed by atoms with Crippen LogP contribution in [-0.4, -0.2) is 50.4 Å². The molecule has 1 atom stereocenters. The fourth-order valence-corrected chi connectivity index (χ4v) is 3.05. The number of fused-ring (bicyclic) bond motifs is 1. The van der Waals surface area contributed by atoms with E-state index in [1.54, 1.807) is 4.52 Å². The van der Waals surface area contributed by atoms with E-state index in [4.69, 9.17) is 0 Å². The summed E-state index contributed by atoms with van der Waals surface area (Å²) in [4.78, 5) is 2.60. The third-order valence-corrected chi connectivity index (χ3v) is 4.04. The number of aryl methyl sites for hydroxylation is 1. The summed E-state index contributed by atoms with van der Waals surface area (Å²) >= 11 is 0. The lowest BCUT2D eigenvalue weighted by molar-refractivity contribution is 0.234. The third kappa shape index (κ3) is 3.15. The minimum absolute atomic E-state index is 0.618. The Morgan fingerprint density at radius 2 is 2.19 bits per heavy atom. The number of hydrogen-bond donors (Lipinski definition) is 1. The van der Waals surface area contributed by atoms with Crippen molar-refractivity contribution in [2.75, 3.05) is 25.0 Å². The van der Waals surface area contributed by atoms with Crippen molar-refractivity contribution in [2.45, 2.75) is 39.7 Å². The zero-order valence-corrected chi connectivity index (χ0v) is 13.1. The smallest absolute Gasteiger partial charge is 0.178 e. The standard InChI is InChI=1S/C15H24N6/c1-11(2)10-20-8-4-5-13(20)9-16-14-6-7-15-18-17-12(3)21(15)19-14/h6-7,11,13H,4-5,8-10H2,1-3H3,(H,16,19)/t13-/m0/s1. The molecular formula is C15H24N6. The van der Waals surface area contributed by atoms with Crippen LogP contribution in [0.25, 0.3) is 5.65 Å². The quantitative estimate of drug-likeness (QED) is 0.911. The topological polar surface area (TPSA) is 58.4 Å². The number of anilines is 1. The minimum atomic E-state index is 0.618. The van der Waals surface area contributed by atoms with Gasteiger partial charge in [0, 0.05) is 19.1 Å². The van der Waals surface area contributed by atoms with Crippen molar-refractivity contribution in [1.29, 1.82) is 0 Å². The van der Waals surface area contributed by atoms with Crippen LogP contribution in [0.15, 0.2) is 12.1 Å². The summed E-state index contributed by atoms with van der Waals surface area (Å²) in [6, 6.07) is 4.55. The molecule has 6 nitrogen and oxygen atoms in total. The lowest BCUT2D eigenvalue weighted by Gasteiger charge is -2.26. The van der Waals surface area contributed by atoms with Gasteiger partial charge < -0.3 is 5.32 Å². The highest BCUT2D eigenvalue weighted by molar-refractivity contribution is 5.43. The fraction of sp³-hybridized carbons (Fsp3) is 0.667. The Kier molecular flexibility index (Phi) is 4.05. The summed E-state index contributed by atoms with van der Waals surface area (Å²) in [5.41, 5.74) is 0.792. The van der Waals surface area contributed by atoms with Crippen LogP contribution in [-0.2, 0) is 0 Å². The van der Waals surface area contributed by atoms with E-state index in [-0.39, 0.29) is 0 Å². The largest absolute Gasteiger partial charge is 0.367 e. The summed E-state index contributed by atoms with van der Waals surface area (Å²) in [5, 5.41) is 16.1. The Balaban J connectivity index is 1.64. The Hall–Kier alpha value is -1.69. The Bertz CT molecular complexity index is 605. The summed E-state index contributed by atoms with van der Waals surface area (Å²) < 4.78 is 1.78. The van der Waals surface area contributed by atoms with Crippen molar-refractivity contribution < 1.29 is 0 Å². The lowest BCUT2D eigenvalue weighted by Crippen LogP contribution is -2.37. The van der Waals surface area contributed by atoms with E-state index in [1.165, 1.54) is 25.9 Å². The normalized spacial score (nSPS) is 19.7. The van der Waals surface area contributed by atoms with Crippen molar-refractivity contribution in [2.24, 2.45) is 5.92 Å². The number of hydrogen-bond acceptors (Lipinski definition) is 5. The van der Waals surface area contributed by atoms with Crippen LogP contribution >= 0.6 is 0 Å². The molecule has 0 bridgehead atoms. The van der Waals surface area contributed by atoms with Gasteiger partial charge in [0.2, 0.25) is 0 Å². The SMILES string of the molecule is Cc1nnc2ccc(NC[C@@H]3CCCN3CC(C)C)nn12. The molecule has 1 aliphatic rings. The zero-order valence-electron chi connectivity index (χ0n) is 13.1. The zero-order chi connectivity index (χ0) is 14.8. The molecule has 1 aliphatic heterocycles. The van der Waals surface area contributed by atoms with Gasteiger partial charge in [0.05, 0.1) is 0 Å². The van der Waals surface area contributed by atoms with Crippen molar-refractivity contribution in [3.8, 4) is 0 Å². The number of likely N-dealkylation sites (tertiary alicyclic amines) is 1. The molecule has 114 valence electrons. The van der Waals surface area contributed by atoms with Crippen molar-refractivity contribution in [3.05, 3.63) is 18.0 Å². The molecular weight excluding hydrogens is 264 g/mol. The molecule has 0 amide bonds. The van der Waals surface area contributed by atoms with E-state index < -0.39 is 0 Å². The number of nitrogens with zero attached hydrogens (tertiary/aromatic N) is 5. The molecule has 3 rings (SSSR count). The molecule has 0 aliphatic carbocycles. The van der Waals surface area contributed by atoms with Crippen molar-refractivity contribution in [1.82, 2.24) is 24.7 Å². The number of nitrogens with one attached hydrogen (secondary N) is 1. The highest BCUT2D eigenvalue weighted by Gasteiger charge is 2.24. The van der Waals surface area contributed by atoms with Gasteiger partial charge in [-0.1, -0.05) is 13.8 Å². The van der Waals surface area contributed by atoms with Gasteiger partial charge in [0.25, 0.3) is 0 Å². The highest BCUT2D eigenvalue weighted by Crippen LogP contribution is 2.19. The molecule has 0 radical (unpaired) electrons. The van der Waals surface area contributed by atoms with Gasteiger partial charge in [-0.2, -0.15) is 4.52 Å². The first-order chi connectivity index (χ1) is 10.1. The van der Waals surface area contributed by atoms with Crippen molar-refractivity contribution in [3.63, 3.8) is 0 Å². The van der Waals surface area contributed by atoms with Gasteiger partial charge in [-0.15, -0.1) is 15.3 Å². The van der Waals surface area contributed by atoms with Gasteiger partial charge >= 0.3 is 0 Å². The second kappa shape index (κ2) is 5.97. The molecule has 1 saturated heterocycles. The summed E-state index contributed by atoms with van der Waals surface area (Å²) in [6.07, 6.45) is 2.57. The van der Waals surface area contributed by atoms with Gasteiger partial charge in [-0.05, 0) is 44.4 Å². The predicted octanol–water partition coefficient (Wildman–Crippen LogP) is 1.97. The van der Waals surface area contributed by atoms with E-state index in [0.29, 0.717) is 6.04 Å². The first-order valence-corrected chi connectivity index (χ1v) is 7.80. The molecule has 21 heavy (non-hydrogen) atoms. The average Bonchev–Trinajstić information content (AvgIpc) is 3.03. The van der Waals surface area contributed by atoms with E-state index in [9.17, 15) is 0 Å². The van der Waals surface area contributed by atoms with Crippen LogP contribution in [0.5, 0.6) is 0 Å². The second-order valence-corrected chi connectivity index (χ2v) is 6.30. The monoisotopic (exact) mass is 288 g/mol. The molecule has 0 aromatic carbocycles. The van der Waals surface area contributed by atoms with Gasteiger partial charge in [0.1, 0.15) is 5.82 Å². The maximum absolute atomic E-state index is 4.54. The highest BCUT2D eigenvalue weighted by atomic mass is 15.4. The van der Waals surface area contributed by atoms with Crippen LogP contribution < -0.4 is 5.32 Å². The molecule has 0 spiro atoms. The van der Waals surface area contributed by atoms with Gasteiger partial charge in [-0.3, -0.25) is 4.90 Å². The maximum Gasteiger partial charge on any atom is 0.178 e. The fourth-order valence-electron chi connectivity index (χ4n) is 3.05. The molecule has 2 aromatic rings. The van der Waals surface area contributed by atoms with E-state index in [1.807, 2.05) is 19.1 Å². The van der Waals surface area contributed by atoms with Crippen LogP contribution in [0.1, 0.15) is 32.5 Å². The molecule has 6 heteroatoms. The molecule has 0 unspecified atom stereocenters. The maximum atomic E-state index is 4.54. The predicted molar refractivity (Wildman–Crippen MR) is 83.4 cm³/mol. The second-order valence-electron chi connectivity index (χ2n) is 6.30. The summed E-state index contributed by atoms with van der Waals surface area (Å²) in [6.45, 7) is 9.84. The first kappa shape index (κ1) is 14.3.